The lowest BCUT2D eigenvalue weighted by molar-refractivity contribution is -0.133. The summed E-state index contributed by atoms with van der Waals surface area (Å²) in [5, 5.41) is 10.1. The monoisotopic (exact) mass is 349 g/mol. The highest BCUT2D eigenvalue weighted by molar-refractivity contribution is 5.99. The Morgan fingerprint density at radius 1 is 1.12 bits per heavy atom. The van der Waals surface area contributed by atoms with Gasteiger partial charge in [-0.2, -0.15) is 0 Å². The third kappa shape index (κ3) is 5.74. The first-order valence-electron chi connectivity index (χ1n) is 8.10. The standard InChI is InChI=1S/C18H23NO6/c1-5-12(3)24-18(23)14-7-9-15(10-8-14)19(25-13(4)6-2)16(11-20)17(21)22/h7-10,12-13H,5-6H2,1-4H3,(H,21,22). The zero-order valence-electron chi connectivity index (χ0n) is 14.8. The van der Waals surface area contributed by atoms with Crippen molar-refractivity contribution in [3.8, 4) is 0 Å². The average Bonchev–Trinajstić information content (AvgIpc) is 2.60. The van der Waals surface area contributed by atoms with E-state index in [1.807, 2.05) is 13.8 Å². The Hall–Kier alpha value is -2.63. The Balaban J connectivity index is 3.09. The number of nitrogens with zero attached hydrogens (tertiary/aromatic N) is 1. The maximum atomic E-state index is 12.0. The summed E-state index contributed by atoms with van der Waals surface area (Å²) in [5.41, 5.74) is -0.0594. The molecule has 7 nitrogen and oxygen atoms in total. The number of hydroxylamine groups is 1. The molecule has 136 valence electrons. The second kappa shape index (κ2) is 9.61. The molecular weight excluding hydrogens is 326 g/mol. The summed E-state index contributed by atoms with van der Waals surface area (Å²) in [5.74, 6) is -0.555. The third-order valence-corrected chi connectivity index (χ3v) is 3.58. The van der Waals surface area contributed by atoms with Crippen LogP contribution < -0.4 is 5.06 Å². The van der Waals surface area contributed by atoms with Crippen LogP contribution >= 0.6 is 0 Å². The molecule has 0 amide bonds. The number of carbonyl (C=O) groups excluding carboxylic acids is 2. The molecule has 0 radical (unpaired) electrons. The summed E-state index contributed by atoms with van der Waals surface area (Å²) in [6.07, 6.45) is 0.792. The number of esters is 1. The predicted octanol–water partition coefficient (Wildman–Crippen LogP) is 2.98. The molecule has 0 aliphatic rings. The van der Waals surface area contributed by atoms with E-state index >= 15 is 0 Å². The van der Waals surface area contributed by atoms with Gasteiger partial charge in [0.25, 0.3) is 0 Å². The smallest absolute Gasteiger partial charge is 0.366 e. The molecule has 1 N–H and O–H groups in total. The van der Waals surface area contributed by atoms with Gasteiger partial charge in [0.2, 0.25) is 5.70 Å². The number of rotatable bonds is 9. The number of hydrogen-bond donors (Lipinski definition) is 1. The van der Waals surface area contributed by atoms with Crippen LogP contribution in [0.5, 0.6) is 0 Å². The van der Waals surface area contributed by atoms with Crippen molar-refractivity contribution in [2.24, 2.45) is 0 Å². The van der Waals surface area contributed by atoms with Crippen molar-refractivity contribution in [3.05, 3.63) is 35.5 Å². The number of anilines is 1. The van der Waals surface area contributed by atoms with Crippen LogP contribution in [0.1, 0.15) is 50.9 Å². The molecule has 1 aromatic rings. The highest BCUT2D eigenvalue weighted by atomic mass is 16.7. The average molecular weight is 349 g/mol. The first kappa shape index (κ1) is 20.4. The van der Waals surface area contributed by atoms with Gasteiger partial charge in [0.05, 0.1) is 23.5 Å². The first-order valence-corrected chi connectivity index (χ1v) is 8.10. The highest BCUT2D eigenvalue weighted by Gasteiger charge is 2.23. The lowest BCUT2D eigenvalue weighted by Gasteiger charge is -2.25. The van der Waals surface area contributed by atoms with E-state index in [1.165, 1.54) is 30.2 Å². The van der Waals surface area contributed by atoms with Crippen molar-refractivity contribution in [1.29, 1.82) is 0 Å². The molecule has 7 heteroatoms. The molecule has 0 fully saturated rings. The normalized spacial score (nSPS) is 12.6. The molecular formula is C18H23NO6. The summed E-state index contributed by atoms with van der Waals surface area (Å²) in [6.45, 7) is 7.31. The van der Waals surface area contributed by atoms with Crippen molar-refractivity contribution in [2.75, 3.05) is 5.06 Å². The second-order valence-electron chi connectivity index (χ2n) is 5.55. The summed E-state index contributed by atoms with van der Waals surface area (Å²) in [4.78, 5) is 39.8. The Morgan fingerprint density at radius 3 is 2.12 bits per heavy atom. The van der Waals surface area contributed by atoms with Crippen LogP contribution in [0.4, 0.5) is 5.69 Å². The quantitative estimate of drug-likeness (QED) is 0.317. The number of benzene rings is 1. The molecule has 0 aromatic heterocycles. The minimum atomic E-state index is -1.46. The fraction of sp³-hybridized carbons (Fsp3) is 0.444. The van der Waals surface area contributed by atoms with Crippen molar-refractivity contribution in [3.63, 3.8) is 0 Å². The van der Waals surface area contributed by atoms with Crippen LogP contribution in [0.2, 0.25) is 0 Å². The minimum Gasteiger partial charge on any atom is -0.476 e. The number of carboxylic acids is 1. The molecule has 0 saturated heterocycles. The van der Waals surface area contributed by atoms with Gasteiger partial charge in [-0.05, 0) is 51.0 Å². The molecule has 0 aliphatic heterocycles. The van der Waals surface area contributed by atoms with Crippen LogP contribution in [0.3, 0.4) is 0 Å². The van der Waals surface area contributed by atoms with Crippen LogP contribution in [0.25, 0.3) is 0 Å². The number of carbonyl (C=O) groups is 2. The topological polar surface area (TPSA) is 93.1 Å². The maximum absolute atomic E-state index is 12.0. The lowest BCUT2D eigenvalue weighted by Crippen LogP contribution is -2.31. The summed E-state index contributed by atoms with van der Waals surface area (Å²) >= 11 is 0. The van der Waals surface area contributed by atoms with E-state index < -0.39 is 17.6 Å². The predicted molar refractivity (Wildman–Crippen MR) is 91.8 cm³/mol. The Morgan fingerprint density at radius 2 is 1.68 bits per heavy atom. The number of aliphatic carboxylic acids is 1. The molecule has 0 bridgehead atoms. The van der Waals surface area contributed by atoms with E-state index in [1.54, 1.807) is 13.8 Å². The van der Waals surface area contributed by atoms with Gasteiger partial charge in [0.1, 0.15) is 0 Å². The molecule has 2 unspecified atom stereocenters. The molecule has 1 aromatic carbocycles. The van der Waals surface area contributed by atoms with Crippen LogP contribution in [0, 0.1) is 0 Å². The summed E-state index contributed by atoms with van der Waals surface area (Å²) in [7, 11) is 0. The van der Waals surface area contributed by atoms with Gasteiger partial charge in [0.15, 0.2) is 5.94 Å². The van der Waals surface area contributed by atoms with E-state index in [2.05, 4.69) is 0 Å². The van der Waals surface area contributed by atoms with E-state index in [4.69, 9.17) is 14.7 Å². The van der Waals surface area contributed by atoms with Gasteiger partial charge in [-0.15, -0.1) is 0 Å². The molecule has 0 spiro atoms. The van der Waals surface area contributed by atoms with Crippen molar-refractivity contribution in [2.45, 2.75) is 52.7 Å². The first-order chi connectivity index (χ1) is 11.8. The summed E-state index contributed by atoms with van der Waals surface area (Å²) in [6, 6.07) is 5.93. The lowest BCUT2D eigenvalue weighted by atomic mass is 10.2. The fourth-order valence-electron chi connectivity index (χ4n) is 1.74. The Labute approximate surface area is 146 Å². The van der Waals surface area contributed by atoms with Gasteiger partial charge < -0.3 is 9.84 Å². The largest absolute Gasteiger partial charge is 0.476 e. The van der Waals surface area contributed by atoms with E-state index in [0.717, 1.165) is 5.06 Å². The molecule has 0 aliphatic carbocycles. The fourth-order valence-corrected chi connectivity index (χ4v) is 1.74. The highest BCUT2D eigenvalue weighted by Crippen LogP contribution is 2.22. The van der Waals surface area contributed by atoms with Crippen molar-refractivity contribution >= 4 is 23.6 Å². The zero-order chi connectivity index (χ0) is 19.0. The SMILES string of the molecule is CCC(C)OC(=O)c1ccc(N(OC(C)CC)C(=C=O)C(=O)O)cc1. The van der Waals surface area contributed by atoms with Crippen molar-refractivity contribution < 1.29 is 29.1 Å². The van der Waals surface area contributed by atoms with Crippen LogP contribution in [0.15, 0.2) is 30.0 Å². The zero-order valence-corrected chi connectivity index (χ0v) is 14.8. The molecule has 2 atom stereocenters. The molecule has 0 heterocycles. The number of hydrogen-bond acceptors (Lipinski definition) is 6. The maximum Gasteiger partial charge on any atom is 0.366 e. The van der Waals surface area contributed by atoms with Gasteiger partial charge in [-0.1, -0.05) is 13.8 Å². The molecule has 1 rings (SSSR count). The number of carboxylic acid groups (broad SMARTS) is 1. The third-order valence-electron chi connectivity index (χ3n) is 3.58. The summed E-state index contributed by atoms with van der Waals surface area (Å²) < 4.78 is 5.23. The second-order valence-corrected chi connectivity index (χ2v) is 5.55. The Bertz CT molecular complexity index is 648. The van der Waals surface area contributed by atoms with Crippen LogP contribution in [-0.2, 0) is 19.2 Å². The van der Waals surface area contributed by atoms with E-state index in [9.17, 15) is 14.4 Å². The Kier molecular flexibility index (Phi) is 7.85. The van der Waals surface area contributed by atoms with Crippen molar-refractivity contribution in [1.82, 2.24) is 0 Å². The molecule has 25 heavy (non-hydrogen) atoms. The number of ether oxygens (including phenoxy) is 1. The van der Waals surface area contributed by atoms with Gasteiger partial charge in [0, 0.05) is 0 Å². The molecule has 0 saturated carbocycles. The van der Waals surface area contributed by atoms with Gasteiger partial charge in [-0.25, -0.2) is 19.4 Å². The van der Waals surface area contributed by atoms with E-state index in [0.29, 0.717) is 24.1 Å². The van der Waals surface area contributed by atoms with Gasteiger partial charge >= 0.3 is 11.9 Å². The van der Waals surface area contributed by atoms with Crippen LogP contribution in [-0.4, -0.2) is 35.2 Å². The minimum absolute atomic E-state index is 0.200. The van der Waals surface area contributed by atoms with E-state index in [-0.39, 0.29) is 12.2 Å². The van der Waals surface area contributed by atoms with Gasteiger partial charge in [-0.3, -0.25) is 4.84 Å².